The first-order valence-electron chi connectivity index (χ1n) is 8.43. The van der Waals surface area contributed by atoms with Crippen molar-refractivity contribution in [2.45, 2.75) is 32.0 Å². The van der Waals surface area contributed by atoms with Crippen LogP contribution in [-0.2, 0) is 17.5 Å². The van der Waals surface area contributed by atoms with Crippen LogP contribution in [0.1, 0.15) is 27.8 Å². The Bertz CT molecular complexity index is 948. The molecule has 154 valence electrons. The first-order chi connectivity index (χ1) is 13.6. The van der Waals surface area contributed by atoms with Gasteiger partial charge in [-0.05, 0) is 24.6 Å². The molecule has 0 spiro atoms. The van der Waals surface area contributed by atoms with Crippen molar-refractivity contribution >= 4 is 11.3 Å². The SMILES string of the molecule is Cc1nc(-c2ccc(C(F)(F)F)cc2)sc1C(OCc1ccccc1)C(F)(F)F. The fourth-order valence-electron chi connectivity index (χ4n) is 2.65. The van der Waals surface area contributed by atoms with E-state index in [0.29, 0.717) is 11.1 Å². The predicted molar refractivity (Wildman–Crippen MR) is 97.3 cm³/mol. The maximum Gasteiger partial charge on any atom is 0.419 e. The summed E-state index contributed by atoms with van der Waals surface area (Å²) in [5.41, 5.74) is 0.183. The van der Waals surface area contributed by atoms with E-state index < -0.39 is 24.0 Å². The fourth-order valence-corrected chi connectivity index (χ4v) is 3.80. The van der Waals surface area contributed by atoms with Gasteiger partial charge >= 0.3 is 12.4 Å². The van der Waals surface area contributed by atoms with E-state index in [9.17, 15) is 26.3 Å². The van der Waals surface area contributed by atoms with Gasteiger partial charge in [-0.2, -0.15) is 26.3 Å². The molecule has 1 atom stereocenters. The molecule has 0 aliphatic carbocycles. The number of hydrogen-bond acceptors (Lipinski definition) is 3. The van der Waals surface area contributed by atoms with Crippen LogP contribution >= 0.6 is 11.3 Å². The van der Waals surface area contributed by atoms with E-state index in [4.69, 9.17) is 4.74 Å². The average molecular weight is 431 g/mol. The van der Waals surface area contributed by atoms with Gasteiger partial charge in [0.1, 0.15) is 5.01 Å². The summed E-state index contributed by atoms with van der Waals surface area (Å²) in [7, 11) is 0. The number of rotatable bonds is 5. The van der Waals surface area contributed by atoms with Crippen LogP contribution < -0.4 is 0 Å². The van der Waals surface area contributed by atoms with Crippen molar-refractivity contribution in [2.75, 3.05) is 0 Å². The number of nitrogens with zero attached hydrogens (tertiary/aromatic N) is 1. The summed E-state index contributed by atoms with van der Waals surface area (Å²) < 4.78 is 84.1. The van der Waals surface area contributed by atoms with Crippen LogP contribution in [0.25, 0.3) is 10.6 Å². The smallest absolute Gasteiger partial charge is 0.358 e. The number of ether oxygens (including phenoxy) is 1. The van der Waals surface area contributed by atoms with E-state index in [2.05, 4.69) is 4.98 Å². The minimum atomic E-state index is -4.66. The highest BCUT2D eigenvalue weighted by molar-refractivity contribution is 7.15. The van der Waals surface area contributed by atoms with Crippen LogP contribution in [0.5, 0.6) is 0 Å². The van der Waals surface area contributed by atoms with E-state index in [1.807, 2.05) is 0 Å². The maximum absolute atomic E-state index is 13.6. The van der Waals surface area contributed by atoms with E-state index >= 15 is 0 Å². The van der Waals surface area contributed by atoms with Crippen molar-refractivity contribution < 1.29 is 31.1 Å². The Labute approximate surface area is 166 Å². The fraction of sp³-hybridized carbons (Fsp3) is 0.250. The third-order valence-electron chi connectivity index (χ3n) is 4.09. The minimum absolute atomic E-state index is 0.122. The van der Waals surface area contributed by atoms with Crippen molar-refractivity contribution in [1.29, 1.82) is 0 Å². The van der Waals surface area contributed by atoms with Gasteiger partial charge in [-0.15, -0.1) is 11.3 Å². The highest BCUT2D eigenvalue weighted by Gasteiger charge is 2.44. The van der Waals surface area contributed by atoms with E-state index in [0.717, 1.165) is 23.5 Å². The number of halogens is 6. The van der Waals surface area contributed by atoms with Crippen molar-refractivity contribution in [1.82, 2.24) is 4.98 Å². The average Bonchev–Trinajstić information content (AvgIpc) is 3.02. The number of alkyl halides is 6. The summed E-state index contributed by atoms with van der Waals surface area (Å²) in [5.74, 6) is 0. The largest absolute Gasteiger partial charge is 0.419 e. The molecule has 0 N–H and O–H groups in total. The lowest BCUT2D eigenvalue weighted by atomic mass is 10.1. The van der Waals surface area contributed by atoms with Crippen LogP contribution in [0.3, 0.4) is 0 Å². The second-order valence-corrected chi connectivity index (χ2v) is 7.29. The maximum atomic E-state index is 13.6. The number of thiazole rings is 1. The highest BCUT2D eigenvalue weighted by atomic mass is 32.1. The lowest BCUT2D eigenvalue weighted by Crippen LogP contribution is -2.23. The quantitative estimate of drug-likeness (QED) is 0.408. The van der Waals surface area contributed by atoms with Crippen molar-refractivity contribution in [2.24, 2.45) is 0 Å². The minimum Gasteiger partial charge on any atom is -0.358 e. The Hall–Kier alpha value is -2.39. The molecule has 3 aromatic rings. The zero-order valence-electron chi connectivity index (χ0n) is 15.0. The molecule has 0 amide bonds. The van der Waals surface area contributed by atoms with E-state index in [1.165, 1.54) is 19.1 Å². The standard InChI is InChI=1S/C20H15F6NOS/c1-12-16(17(20(24,25)26)28-11-13-5-3-2-4-6-13)29-18(27-12)14-7-9-15(10-8-14)19(21,22)23/h2-10,17H,11H2,1H3. The Morgan fingerprint density at radius 1 is 0.931 bits per heavy atom. The normalized spacial score (nSPS) is 13.5. The monoisotopic (exact) mass is 431 g/mol. The summed E-state index contributed by atoms with van der Waals surface area (Å²) in [5, 5.41) is 0.198. The Kier molecular flexibility index (Phi) is 6.00. The van der Waals surface area contributed by atoms with Crippen LogP contribution in [-0.4, -0.2) is 11.2 Å². The van der Waals surface area contributed by atoms with Gasteiger partial charge in [0, 0.05) is 5.56 Å². The van der Waals surface area contributed by atoms with Crippen molar-refractivity contribution in [3.63, 3.8) is 0 Å². The van der Waals surface area contributed by atoms with Gasteiger partial charge in [-0.1, -0.05) is 42.5 Å². The summed E-state index contributed by atoms with van der Waals surface area (Å²) in [4.78, 5) is 4.00. The molecule has 0 saturated heterocycles. The number of aromatic nitrogens is 1. The second kappa shape index (κ2) is 8.16. The van der Waals surface area contributed by atoms with Gasteiger partial charge in [0.15, 0.2) is 6.10 Å². The molecule has 0 radical (unpaired) electrons. The predicted octanol–water partition coefficient (Wildman–Crippen LogP) is 6.96. The molecular weight excluding hydrogens is 416 g/mol. The van der Waals surface area contributed by atoms with Gasteiger partial charge in [0.25, 0.3) is 0 Å². The van der Waals surface area contributed by atoms with E-state index in [1.54, 1.807) is 30.3 Å². The number of hydrogen-bond donors (Lipinski definition) is 0. The number of benzene rings is 2. The van der Waals surface area contributed by atoms with Crippen molar-refractivity contribution in [3.8, 4) is 10.6 Å². The van der Waals surface area contributed by atoms with Crippen LogP contribution in [0.2, 0.25) is 0 Å². The zero-order valence-corrected chi connectivity index (χ0v) is 15.8. The molecule has 0 saturated carbocycles. The highest BCUT2D eigenvalue weighted by Crippen LogP contribution is 2.42. The summed E-state index contributed by atoms with van der Waals surface area (Å²) in [6.45, 7) is 1.18. The Morgan fingerprint density at radius 2 is 1.55 bits per heavy atom. The van der Waals surface area contributed by atoms with Gasteiger partial charge in [0.2, 0.25) is 0 Å². The molecule has 0 aliphatic heterocycles. The first kappa shape index (κ1) is 21.3. The third-order valence-corrected chi connectivity index (χ3v) is 5.34. The summed E-state index contributed by atoms with van der Waals surface area (Å²) >= 11 is 0.759. The van der Waals surface area contributed by atoms with Gasteiger partial charge in [-0.3, -0.25) is 0 Å². The van der Waals surface area contributed by atoms with E-state index in [-0.39, 0.29) is 22.2 Å². The van der Waals surface area contributed by atoms with Crippen LogP contribution in [0.4, 0.5) is 26.3 Å². The molecule has 0 aliphatic rings. The topological polar surface area (TPSA) is 22.1 Å². The molecule has 2 nitrogen and oxygen atoms in total. The summed E-state index contributed by atoms with van der Waals surface area (Å²) in [6.07, 6.45) is -11.3. The third kappa shape index (κ3) is 5.16. The molecule has 0 fully saturated rings. The van der Waals surface area contributed by atoms with Gasteiger partial charge in [0.05, 0.1) is 22.7 Å². The molecule has 9 heteroatoms. The van der Waals surface area contributed by atoms with Gasteiger partial charge in [-0.25, -0.2) is 4.98 Å². The van der Waals surface area contributed by atoms with Crippen LogP contribution in [0, 0.1) is 6.92 Å². The van der Waals surface area contributed by atoms with Gasteiger partial charge < -0.3 is 4.74 Å². The lowest BCUT2D eigenvalue weighted by molar-refractivity contribution is -0.226. The molecule has 0 bridgehead atoms. The molecule has 2 aromatic carbocycles. The molecule has 1 heterocycles. The first-order valence-corrected chi connectivity index (χ1v) is 9.24. The molecular formula is C20H15F6NOS. The molecule has 1 aromatic heterocycles. The van der Waals surface area contributed by atoms with Crippen molar-refractivity contribution in [3.05, 3.63) is 76.3 Å². The molecule has 3 rings (SSSR count). The molecule has 29 heavy (non-hydrogen) atoms. The summed E-state index contributed by atoms with van der Waals surface area (Å²) in [6, 6.07) is 12.6. The number of aryl methyl sites for hydroxylation is 1. The van der Waals surface area contributed by atoms with Crippen LogP contribution in [0.15, 0.2) is 54.6 Å². The Balaban J connectivity index is 1.87. The zero-order chi connectivity index (χ0) is 21.2. The molecule has 1 unspecified atom stereocenters. The second-order valence-electron chi connectivity index (χ2n) is 6.26. The lowest BCUT2D eigenvalue weighted by Gasteiger charge is -2.20. The Morgan fingerprint density at radius 3 is 2.10 bits per heavy atom.